The van der Waals surface area contributed by atoms with Crippen LogP contribution in [0.1, 0.15) is 19.8 Å². The number of methoxy groups -OCH3 is 1. The van der Waals surface area contributed by atoms with Crippen LogP contribution in [0.25, 0.3) is 0 Å². The average molecular weight is 212 g/mol. The van der Waals surface area contributed by atoms with Crippen LogP contribution in [0, 0.1) is 12.3 Å². The molecule has 84 valence electrons. The molecule has 0 rings (SSSR count). The summed E-state index contributed by atoms with van der Waals surface area (Å²) in [6.45, 7) is 2.09. The summed E-state index contributed by atoms with van der Waals surface area (Å²) in [5.74, 6) is 2.22. The molecule has 0 aromatic carbocycles. The van der Waals surface area contributed by atoms with Gasteiger partial charge in [0.05, 0.1) is 7.11 Å². The van der Waals surface area contributed by atoms with Gasteiger partial charge in [-0.1, -0.05) is 0 Å². The predicted molar refractivity (Wildman–Crippen MR) is 56.1 cm³/mol. The SMILES string of the molecule is C#CCCCNC(=O)C(C)NC(=O)OC. The van der Waals surface area contributed by atoms with Crippen molar-refractivity contribution in [3.8, 4) is 12.3 Å². The molecule has 0 spiro atoms. The number of terminal acetylenes is 1. The molecule has 0 fully saturated rings. The number of carbonyl (C=O) groups excluding carboxylic acids is 2. The Kier molecular flexibility index (Phi) is 6.81. The molecular formula is C10H16N2O3. The molecule has 5 nitrogen and oxygen atoms in total. The highest BCUT2D eigenvalue weighted by Crippen LogP contribution is 1.87. The van der Waals surface area contributed by atoms with Crippen LogP contribution in [0.2, 0.25) is 0 Å². The second kappa shape index (κ2) is 7.68. The lowest BCUT2D eigenvalue weighted by Crippen LogP contribution is -2.44. The third kappa shape index (κ3) is 6.38. The van der Waals surface area contributed by atoms with E-state index in [0.29, 0.717) is 13.0 Å². The topological polar surface area (TPSA) is 67.4 Å². The van der Waals surface area contributed by atoms with Gasteiger partial charge in [-0.25, -0.2) is 4.79 Å². The molecule has 0 aliphatic rings. The second-order valence-corrected chi connectivity index (χ2v) is 2.96. The lowest BCUT2D eigenvalue weighted by Gasteiger charge is -2.12. The molecule has 2 amide bonds. The van der Waals surface area contributed by atoms with Crippen LogP contribution in [0.5, 0.6) is 0 Å². The molecule has 0 aliphatic heterocycles. The van der Waals surface area contributed by atoms with E-state index < -0.39 is 12.1 Å². The Morgan fingerprint density at radius 3 is 2.73 bits per heavy atom. The van der Waals surface area contributed by atoms with Gasteiger partial charge in [0.15, 0.2) is 0 Å². The third-order valence-electron chi connectivity index (χ3n) is 1.71. The van der Waals surface area contributed by atoms with E-state index in [1.54, 1.807) is 6.92 Å². The van der Waals surface area contributed by atoms with Crippen LogP contribution >= 0.6 is 0 Å². The van der Waals surface area contributed by atoms with Crippen molar-refractivity contribution in [2.75, 3.05) is 13.7 Å². The van der Waals surface area contributed by atoms with Gasteiger partial charge in [-0.15, -0.1) is 12.3 Å². The fourth-order valence-corrected chi connectivity index (χ4v) is 0.856. The van der Waals surface area contributed by atoms with E-state index in [4.69, 9.17) is 6.42 Å². The predicted octanol–water partition coefficient (Wildman–Crippen LogP) is 0.260. The average Bonchev–Trinajstić information content (AvgIpc) is 2.23. The molecule has 15 heavy (non-hydrogen) atoms. The number of ether oxygens (including phenoxy) is 1. The summed E-state index contributed by atoms with van der Waals surface area (Å²) in [6, 6.07) is -0.608. The van der Waals surface area contributed by atoms with Crippen LogP contribution in [-0.4, -0.2) is 31.7 Å². The molecule has 0 saturated carbocycles. The van der Waals surface area contributed by atoms with Gasteiger partial charge >= 0.3 is 6.09 Å². The molecule has 2 N–H and O–H groups in total. The van der Waals surface area contributed by atoms with E-state index in [1.807, 2.05) is 0 Å². The smallest absolute Gasteiger partial charge is 0.407 e. The first-order valence-electron chi connectivity index (χ1n) is 4.67. The number of amides is 2. The Labute approximate surface area is 89.6 Å². The first-order valence-corrected chi connectivity index (χ1v) is 4.67. The minimum atomic E-state index is -0.624. The first kappa shape index (κ1) is 13.3. The van der Waals surface area contributed by atoms with Crippen LogP contribution in [0.4, 0.5) is 4.79 Å². The monoisotopic (exact) mass is 212 g/mol. The van der Waals surface area contributed by atoms with E-state index >= 15 is 0 Å². The Bertz CT molecular complexity index is 258. The number of hydrogen-bond acceptors (Lipinski definition) is 3. The summed E-state index contributed by atoms with van der Waals surface area (Å²) in [5.41, 5.74) is 0. The van der Waals surface area contributed by atoms with Crippen LogP contribution < -0.4 is 10.6 Å². The van der Waals surface area contributed by atoms with Crippen LogP contribution in [0.3, 0.4) is 0 Å². The lowest BCUT2D eigenvalue weighted by atomic mass is 10.3. The fraction of sp³-hybridized carbons (Fsp3) is 0.600. The molecule has 0 aromatic rings. The molecule has 0 saturated heterocycles. The minimum Gasteiger partial charge on any atom is -0.453 e. The van der Waals surface area contributed by atoms with E-state index in [1.165, 1.54) is 7.11 Å². The quantitative estimate of drug-likeness (QED) is 0.507. The molecule has 1 unspecified atom stereocenters. The number of rotatable bonds is 5. The number of alkyl carbamates (subject to hydrolysis) is 1. The molecular weight excluding hydrogens is 196 g/mol. The van der Waals surface area contributed by atoms with Gasteiger partial charge in [-0.05, 0) is 13.3 Å². The van der Waals surface area contributed by atoms with Gasteiger partial charge < -0.3 is 15.4 Å². The highest BCUT2D eigenvalue weighted by atomic mass is 16.5. The van der Waals surface area contributed by atoms with E-state index in [0.717, 1.165) is 6.42 Å². The molecule has 0 radical (unpaired) electrons. The van der Waals surface area contributed by atoms with Gasteiger partial charge in [-0.3, -0.25) is 4.79 Å². The van der Waals surface area contributed by atoms with E-state index in [9.17, 15) is 9.59 Å². The Morgan fingerprint density at radius 2 is 2.20 bits per heavy atom. The maximum atomic E-state index is 11.3. The Morgan fingerprint density at radius 1 is 1.53 bits per heavy atom. The maximum absolute atomic E-state index is 11.3. The molecule has 1 atom stereocenters. The first-order chi connectivity index (χ1) is 7.11. The molecule has 0 aromatic heterocycles. The maximum Gasteiger partial charge on any atom is 0.407 e. The van der Waals surface area contributed by atoms with Gasteiger partial charge in [0.2, 0.25) is 5.91 Å². The summed E-state index contributed by atoms with van der Waals surface area (Å²) in [7, 11) is 1.24. The molecule has 0 heterocycles. The van der Waals surface area contributed by atoms with E-state index in [2.05, 4.69) is 21.3 Å². The van der Waals surface area contributed by atoms with Gasteiger partial charge in [-0.2, -0.15) is 0 Å². The number of hydrogen-bond donors (Lipinski definition) is 2. The summed E-state index contributed by atoms with van der Waals surface area (Å²) in [5, 5.41) is 5.00. The summed E-state index contributed by atoms with van der Waals surface area (Å²) < 4.78 is 4.36. The zero-order chi connectivity index (χ0) is 11.7. The molecule has 0 bridgehead atoms. The van der Waals surface area contributed by atoms with Crippen molar-refractivity contribution in [3.63, 3.8) is 0 Å². The normalized spacial score (nSPS) is 11.0. The number of unbranched alkanes of at least 4 members (excludes halogenated alkanes) is 1. The number of carbonyl (C=O) groups is 2. The van der Waals surface area contributed by atoms with Gasteiger partial charge in [0.1, 0.15) is 6.04 Å². The van der Waals surface area contributed by atoms with Crippen molar-refractivity contribution in [3.05, 3.63) is 0 Å². The molecule has 5 heteroatoms. The van der Waals surface area contributed by atoms with Crippen molar-refractivity contribution in [1.82, 2.24) is 10.6 Å². The third-order valence-corrected chi connectivity index (χ3v) is 1.71. The second-order valence-electron chi connectivity index (χ2n) is 2.96. The summed E-state index contributed by atoms with van der Waals surface area (Å²) >= 11 is 0. The summed E-state index contributed by atoms with van der Waals surface area (Å²) in [6.07, 6.45) is 5.78. The van der Waals surface area contributed by atoms with Crippen molar-refractivity contribution < 1.29 is 14.3 Å². The Hall–Kier alpha value is -1.70. The van der Waals surface area contributed by atoms with Crippen molar-refractivity contribution in [1.29, 1.82) is 0 Å². The van der Waals surface area contributed by atoms with Crippen molar-refractivity contribution in [2.24, 2.45) is 0 Å². The van der Waals surface area contributed by atoms with Gasteiger partial charge in [0.25, 0.3) is 0 Å². The van der Waals surface area contributed by atoms with E-state index in [-0.39, 0.29) is 5.91 Å². The highest BCUT2D eigenvalue weighted by molar-refractivity contribution is 5.85. The molecule has 0 aliphatic carbocycles. The fourth-order valence-electron chi connectivity index (χ4n) is 0.856. The number of nitrogens with one attached hydrogen (secondary N) is 2. The highest BCUT2D eigenvalue weighted by Gasteiger charge is 2.14. The summed E-state index contributed by atoms with van der Waals surface area (Å²) in [4.78, 5) is 22.1. The standard InChI is InChI=1S/C10H16N2O3/c1-4-5-6-7-11-9(13)8(2)12-10(14)15-3/h1,8H,5-7H2,2-3H3,(H,11,13)(H,12,14). The zero-order valence-electron chi connectivity index (χ0n) is 9.00. The van der Waals surface area contributed by atoms with Crippen molar-refractivity contribution in [2.45, 2.75) is 25.8 Å². The Balaban J connectivity index is 3.70. The van der Waals surface area contributed by atoms with Gasteiger partial charge in [0, 0.05) is 13.0 Å². The largest absolute Gasteiger partial charge is 0.453 e. The lowest BCUT2D eigenvalue weighted by molar-refractivity contribution is -0.122. The minimum absolute atomic E-state index is 0.252. The van der Waals surface area contributed by atoms with Crippen molar-refractivity contribution >= 4 is 12.0 Å². The van der Waals surface area contributed by atoms with Crippen LogP contribution in [-0.2, 0) is 9.53 Å². The van der Waals surface area contributed by atoms with Crippen LogP contribution in [0.15, 0.2) is 0 Å². The zero-order valence-corrected chi connectivity index (χ0v) is 9.00.